The summed E-state index contributed by atoms with van der Waals surface area (Å²) in [5.74, 6) is 2.37. The van der Waals surface area contributed by atoms with Gasteiger partial charge in [-0.3, -0.25) is 4.79 Å². The fraction of sp³-hybridized carbons (Fsp3) is 0.464. The van der Waals surface area contributed by atoms with Gasteiger partial charge in [0.15, 0.2) is 0 Å². The van der Waals surface area contributed by atoms with E-state index in [0.717, 1.165) is 85.9 Å². The number of aryl methyl sites for hydroxylation is 3. The fourth-order valence-corrected chi connectivity index (χ4v) is 5.20. The molecule has 0 unspecified atom stereocenters. The molecule has 6 nitrogen and oxygen atoms in total. The smallest absolute Gasteiger partial charge is 0.230 e. The van der Waals surface area contributed by atoms with Crippen LogP contribution in [0.4, 0.5) is 11.5 Å². The van der Waals surface area contributed by atoms with Crippen LogP contribution in [0.5, 0.6) is 0 Å². The van der Waals surface area contributed by atoms with E-state index in [1.54, 1.807) is 0 Å². The molecule has 0 saturated carbocycles. The molecule has 0 aliphatic carbocycles. The van der Waals surface area contributed by atoms with E-state index in [1.807, 2.05) is 11.1 Å². The van der Waals surface area contributed by atoms with Gasteiger partial charge >= 0.3 is 0 Å². The van der Waals surface area contributed by atoms with Crippen LogP contribution >= 0.6 is 0 Å². The number of H-pyrrole nitrogens is 1. The number of fused-ring (bicyclic) bond motifs is 3. The van der Waals surface area contributed by atoms with Crippen molar-refractivity contribution in [2.24, 2.45) is 5.92 Å². The molecule has 1 N–H and O–H groups in total. The molecule has 1 aromatic carbocycles. The zero-order chi connectivity index (χ0) is 23.7. The summed E-state index contributed by atoms with van der Waals surface area (Å²) in [7, 11) is 0. The standard InChI is InChI=1S/C28H35N5O/c1-4-5-6-25-30-23-13-16-33(24-9-7-19(2)17-22(24)27(23)31-25)28(34)21-11-14-32(15-12-21)26-10-8-20(3)18-29-26/h7-10,17-18,21H,4-6,11-16H2,1-3H3,(H,30,31). The third kappa shape index (κ3) is 4.46. The second-order valence-corrected chi connectivity index (χ2v) is 9.83. The number of benzene rings is 1. The number of amides is 1. The summed E-state index contributed by atoms with van der Waals surface area (Å²) < 4.78 is 0. The minimum Gasteiger partial charge on any atom is -0.357 e. The SMILES string of the molecule is CCCCc1nc2c([nH]1)CCN(C(=O)C1CCN(c3ccc(C)cn3)CC1)c1ccc(C)cc1-2. The predicted molar refractivity (Wildman–Crippen MR) is 137 cm³/mol. The van der Waals surface area contributed by atoms with Gasteiger partial charge in [-0.25, -0.2) is 9.97 Å². The maximum atomic E-state index is 13.8. The van der Waals surface area contributed by atoms with Crippen molar-refractivity contribution >= 4 is 17.4 Å². The summed E-state index contributed by atoms with van der Waals surface area (Å²) in [5.41, 5.74) is 6.64. The molecule has 2 aliphatic rings. The number of hydrogen-bond acceptors (Lipinski definition) is 4. The van der Waals surface area contributed by atoms with Crippen LogP contribution in [0.15, 0.2) is 36.5 Å². The van der Waals surface area contributed by atoms with Crippen LogP contribution in [0.1, 0.15) is 55.3 Å². The van der Waals surface area contributed by atoms with E-state index in [1.165, 1.54) is 11.1 Å². The number of nitrogens with zero attached hydrogens (tertiary/aromatic N) is 4. The number of nitrogens with one attached hydrogen (secondary N) is 1. The monoisotopic (exact) mass is 457 g/mol. The Morgan fingerprint density at radius 3 is 2.62 bits per heavy atom. The van der Waals surface area contributed by atoms with Crippen molar-refractivity contribution in [3.8, 4) is 11.3 Å². The van der Waals surface area contributed by atoms with Crippen molar-refractivity contribution in [2.75, 3.05) is 29.4 Å². The number of rotatable bonds is 5. The molecule has 0 spiro atoms. The minimum absolute atomic E-state index is 0.0420. The van der Waals surface area contributed by atoms with Gasteiger partial charge in [-0.2, -0.15) is 0 Å². The second kappa shape index (κ2) is 9.61. The van der Waals surface area contributed by atoms with Crippen molar-refractivity contribution in [3.05, 3.63) is 59.2 Å². The molecule has 1 fully saturated rings. The van der Waals surface area contributed by atoms with Crippen LogP contribution in [0.2, 0.25) is 0 Å². The lowest BCUT2D eigenvalue weighted by Crippen LogP contribution is -2.43. The molecule has 34 heavy (non-hydrogen) atoms. The number of carbonyl (C=O) groups excluding carboxylic acids is 1. The lowest BCUT2D eigenvalue weighted by Gasteiger charge is -2.35. The highest BCUT2D eigenvalue weighted by Gasteiger charge is 2.33. The maximum absolute atomic E-state index is 13.8. The Bertz CT molecular complexity index is 1160. The molecule has 2 aromatic heterocycles. The third-order valence-corrected chi connectivity index (χ3v) is 7.21. The topological polar surface area (TPSA) is 65.1 Å². The molecule has 6 heteroatoms. The zero-order valence-corrected chi connectivity index (χ0v) is 20.6. The van der Waals surface area contributed by atoms with Crippen LogP contribution in [0.3, 0.4) is 0 Å². The molecular weight excluding hydrogens is 422 g/mol. The molecule has 0 bridgehead atoms. The van der Waals surface area contributed by atoms with E-state index in [2.05, 4.69) is 66.0 Å². The minimum atomic E-state index is 0.0420. The Kier molecular flexibility index (Phi) is 6.40. The number of anilines is 2. The van der Waals surface area contributed by atoms with Crippen molar-refractivity contribution in [2.45, 2.75) is 59.3 Å². The van der Waals surface area contributed by atoms with Crippen molar-refractivity contribution in [1.29, 1.82) is 0 Å². The first kappa shape index (κ1) is 22.6. The van der Waals surface area contributed by atoms with Gasteiger partial charge < -0.3 is 14.8 Å². The Hall–Kier alpha value is -3.15. The number of carbonyl (C=O) groups is 1. The summed E-state index contributed by atoms with van der Waals surface area (Å²) in [6, 6.07) is 10.6. The number of piperidine rings is 1. The van der Waals surface area contributed by atoms with Gasteiger partial charge in [0.2, 0.25) is 5.91 Å². The highest BCUT2D eigenvalue weighted by molar-refractivity contribution is 5.99. The molecule has 3 aromatic rings. The van der Waals surface area contributed by atoms with E-state index < -0.39 is 0 Å². The van der Waals surface area contributed by atoms with Gasteiger partial charge in [-0.1, -0.05) is 31.0 Å². The normalized spacial score (nSPS) is 16.2. The molecular formula is C28H35N5O. The fourth-order valence-electron chi connectivity index (χ4n) is 5.20. The van der Waals surface area contributed by atoms with Crippen LogP contribution < -0.4 is 9.80 Å². The van der Waals surface area contributed by atoms with E-state index in [9.17, 15) is 4.79 Å². The van der Waals surface area contributed by atoms with Crippen molar-refractivity contribution in [3.63, 3.8) is 0 Å². The number of imidazole rings is 1. The summed E-state index contributed by atoms with van der Waals surface area (Å²) >= 11 is 0. The third-order valence-electron chi connectivity index (χ3n) is 7.21. The van der Waals surface area contributed by atoms with Crippen LogP contribution in [0.25, 0.3) is 11.3 Å². The van der Waals surface area contributed by atoms with Crippen molar-refractivity contribution in [1.82, 2.24) is 15.0 Å². The number of aromatic amines is 1. The van der Waals surface area contributed by atoms with E-state index in [0.29, 0.717) is 6.54 Å². The number of hydrogen-bond donors (Lipinski definition) is 1. The number of pyridine rings is 1. The summed E-state index contributed by atoms with van der Waals surface area (Å²) in [4.78, 5) is 31.2. The van der Waals surface area contributed by atoms with Crippen LogP contribution in [-0.4, -0.2) is 40.5 Å². The van der Waals surface area contributed by atoms with E-state index in [4.69, 9.17) is 4.98 Å². The Labute approximate surface area is 202 Å². The first-order chi connectivity index (χ1) is 16.5. The Morgan fingerprint density at radius 2 is 1.88 bits per heavy atom. The molecule has 4 heterocycles. The molecule has 2 aliphatic heterocycles. The lowest BCUT2D eigenvalue weighted by molar-refractivity contribution is -0.123. The zero-order valence-electron chi connectivity index (χ0n) is 20.6. The molecule has 1 amide bonds. The van der Waals surface area contributed by atoms with Gasteiger partial charge in [-0.15, -0.1) is 0 Å². The average Bonchev–Trinajstić information content (AvgIpc) is 3.20. The van der Waals surface area contributed by atoms with Crippen LogP contribution in [-0.2, 0) is 17.6 Å². The highest BCUT2D eigenvalue weighted by Crippen LogP contribution is 2.37. The predicted octanol–water partition coefficient (Wildman–Crippen LogP) is 5.24. The van der Waals surface area contributed by atoms with Crippen LogP contribution in [0, 0.1) is 19.8 Å². The van der Waals surface area contributed by atoms with E-state index in [-0.39, 0.29) is 11.8 Å². The average molecular weight is 458 g/mol. The maximum Gasteiger partial charge on any atom is 0.230 e. The highest BCUT2D eigenvalue weighted by atomic mass is 16.2. The summed E-state index contributed by atoms with van der Waals surface area (Å²) in [6.45, 7) is 8.79. The van der Waals surface area contributed by atoms with Gasteiger partial charge in [0, 0.05) is 55.8 Å². The molecule has 1 saturated heterocycles. The molecule has 5 rings (SSSR count). The Balaban J connectivity index is 1.36. The number of aromatic nitrogens is 3. The second-order valence-electron chi connectivity index (χ2n) is 9.83. The molecule has 178 valence electrons. The Morgan fingerprint density at radius 1 is 1.09 bits per heavy atom. The van der Waals surface area contributed by atoms with Crippen molar-refractivity contribution < 1.29 is 4.79 Å². The summed E-state index contributed by atoms with van der Waals surface area (Å²) in [6.07, 6.45) is 7.70. The quantitative estimate of drug-likeness (QED) is 0.569. The largest absolute Gasteiger partial charge is 0.357 e. The van der Waals surface area contributed by atoms with Gasteiger partial charge in [0.1, 0.15) is 11.6 Å². The summed E-state index contributed by atoms with van der Waals surface area (Å²) in [5, 5.41) is 0. The van der Waals surface area contributed by atoms with Gasteiger partial charge in [0.05, 0.1) is 11.4 Å². The van der Waals surface area contributed by atoms with Gasteiger partial charge in [-0.05, 0) is 56.9 Å². The first-order valence-electron chi connectivity index (χ1n) is 12.7. The first-order valence-corrected chi connectivity index (χ1v) is 12.7. The molecule has 0 atom stereocenters. The lowest BCUT2D eigenvalue weighted by atomic mass is 9.94. The van der Waals surface area contributed by atoms with E-state index >= 15 is 0 Å². The molecule has 0 radical (unpaired) electrons. The van der Waals surface area contributed by atoms with Gasteiger partial charge in [0.25, 0.3) is 0 Å². The number of unbranched alkanes of at least 4 members (excludes halogenated alkanes) is 1.